The van der Waals surface area contributed by atoms with E-state index < -0.39 is 29.7 Å². The molecule has 4 saturated heterocycles. The molecule has 8 N–H and O–H groups in total. The van der Waals surface area contributed by atoms with E-state index in [4.69, 9.17) is 12.2 Å². The van der Waals surface area contributed by atoms with Crippen LogP contribution < -0.4 is 42.5 Å². The van der Waals surface area contributed by atoms with Gasteiger partial charge in [0.25, 0.3) is 11.8 Å². The van der Waals surface area contributed by atoms with E-state index in [1.165, 1.54) is 19.6 Å². The van der Waals surface area contributed by atoms with Gasteiger partial charge in [-0.05, 0) is 49.3 Å². The summed E-state index contributed by atoms with van der Waals surface area (Å²) < 4.78 is 0. The van der Waals surface area contributed by atoms with E-state index in [2.05, 4.69) is 42.5 Å². The Kier molecular flexibility index (Phi) is 17.5. The van der Waals surface area contributed by atoms with E-state index >= 15 is 0 Å². The summed E-state index contributed by atoms with van der Waals surface area (Å²) in [5.74, 6) is -2.09. The quantitative estimate of drug-likeness (QED) is 0.0333. The number of nitrogens with zero attached hydrogens (tertiary/aromatic N) is 5. The van der Waals surface area contributed by atoms with Crippen LogP contribution in [0.25, 0.3) is 0 Å². The van der Waals surface area contributed by atoms with Crippen molar-refractivity contribution in [1.29, 1.82) is 0 Å². The lowest BCUT2D eigenvalue weighted by molar-refractivity contribution is -0.139. The molecule has 1 aromatic carbocycles. The van der Waals surface area contributed by atoms with E-state index in [1.807, 2.05) is 11.8 Å². The average Bonchev–Trinajstić information content (AvgIpc) is 3.99. The van der Waals surface area contributed by atoms with Crippen LogP contribution in [0.5, 0.6) is 0 Å². The minimum absolute atomic E-state index is 0.0854. The van der Waals surface area contributed by atoms with Crippen LogP contribution >= 0.6 is 24.0 Å². The Balaban J connectivity index is 0.763. The number of urea groups is 2. The first-order valence-corrected chi connectivity index (χ1v) is 23.2. The van der Waals surface area contributed by atoms with Crippen LogP contribution in [0.2, 0.25) is 0 Å². The van der Waals surface area contributed by atoms with Crippen molar-refractivity contribution in [3.8, 4) is 0 Å². The fourth-order valence-corrected chi connectivity index (χ4v) is 9.53. The standard InChI is InChI=1S/C41H55N13O10S2/c55-30(11-12-54-33(58)9-10-34(54)59)42-22-35(60)52-17-19-53(20-18-52)41(64)45-24-37(62)51-15-13-50(14-16-51)36(61)23-43-32(57)21-44-40(65)47-27-7-5-26(6-8-27)46-31(56)4-2-1-3-29-38-28(25-66-29)48-39(63)49-38/h5-10,28-29,38H,1-4,11-25H2,(H,42,55)(H,43,57)(H,45,64)(H,46,56)(H2,44,47,65)(H2,48,49,63)/t28-,29-,38-/m0/s1. The lowest BCUT2D eigenvalue weighted by Gasteiger charge is -2.36. The summed E-state index contributed by atoms with van der Waals surface area (Å²) in [6.45, 7) is 0.818. The number of benzene rings is 1. The molecule has 25 heteroatoms. The molecular formula is C41H55N13O10S2. The Bertz CT molecular complexity index is 2060. The molecule has 6 rings (SSSR count). The van der Waals surface area contributed by atoms with Crippen LogP contribution in [-0.4, -0.2) is 197 Å². The van der Waals surface area contributed by atoms with Crippen LogP contribution in [0.15, 0.2) is 36.4 Å². The Morgan fingerprint density at radius 1 is 0.606 bits per heavy atom. The molecule has 66 heavy (non-hydrogen) atoms. The molecule has 0 bridgehead atoms. The number of fused-ring (bicyclic) bond motifs is 1. The van der Waals surface area contributed by atoms with E-state index in [1.54, 1.807) is 24.3 Å². The maximum Gasteiger partial charge on any atom is 0.317 e. The Morgan fingerprint density at radius 3 is 1.73 bits per heavy atom. The van der Waals surface area contributed by atoms with Gasteiger partial charge in [0.2, 0.25) is 35.4 Å². The number of nitrogens with one attached hydrogen (secondary N) is 8. The number of imide groups is 1. The number of thioether (sulfide) groups is 1. The number of unbranched alkanes of at least 4 members (excludes halogenated alkanes) is 1. The molecule has 23 nitrogen and oxygen atoms in total. The minimum Gasteiger partial charge on any atom is -0.353 e. The summed E-state index contributed by atoms with van der Waals surface area (Å²) in [5.41, 5.74) is 1.27. The lowest BCUT2D eigenvalue weighted by atomic mass is 10.0. The van der Waals surface area contributed by atoms with Gasteiger partial charge < -0.3 is 62.1 Å². The highest BCUT2D eigenvalue weighted by Gasteiger charge is 2.42. The van der Waals surface area contributed by atoms with Crippen LogP contribution in [-0.2, 0) is 38.4 Å². The third kappa shape index (κ3) is 14.2. The van der Waals surface area contributed by atoms with Crippen molar-refractivity contribution in [2.75, 3.05) is 101 Å². The fourth-order valence-electron chi connectivity index (χ4n) is 7.80. The third-order valence-corrected chi connectivity index (χ3v) is 13.3. The number of hydrogen-bond donors (Lipinski definition) is 8. The summed E-state index contributed by atoms with van der Waals surface area (Å²) in [6, 6.07) is 6.73. The zero-order chi connectivity index (χ0) is 47.2. The van der Waals surface area contributed by atoms with Crippen molar-refractivity contribution in [2.45, 2.75) is 49.4 Å². The topological polar surface area (TPSA) is 283 Å². The number of carbonyl (C=O) groups excluding carboxylic acids is 10. The highest BCUT2D eigenvalue weighted by Crippen LogP contribution is 2.33. The summed E-state index contributed by atoms with van der Waals surface area (Å²) >= 11 is 7.16. The number of thiocarbonyl (C=S) groups is 1. The van der Waals surface area contributed by atoms with Gasteiger partial charge in [-0.25, -0.2) is 9.59 Å². The van der Waals surface area contributed by atoms with Crippen molar-refractivity contribution in [3.05, 3.63) is 36.4 Å². The third-order valence-electron chi connectivity index (χ3n) is 11.5. The first-order valence-electron chi connectivity index (χ1n) is 21.8. The largest absolute Gasteiger partial charge is 0.353 e. The van der Waals surface area contributed by atoms with Gasteiger partial charge in [-0.3, -0.25) is 43.3 Å². The van der Waals surface area contributed by atoms with Gasteiger partial charge in [0.15, 0.2) is 5.11 Å². The smallest absolute Gasteiger partial charge is 0.317 e. The predicted molar refractivity (Wildman–Crippen MR) is 244 cm³/mol. The predicted octanol–water partition coefficient (Wildman–Crippen LogP) is -2.29. The monoisotopic (exact) mass is 953 g/mol. The van der Waals surface area contributed by atoms with Gasteiger partial charge in [0.05, 0.1) is 38.3 Å². The second-order valence-corrected chi connectivity index (χ2v) is 17.7. The summed E-state index contributed by atoms with van der Waals surface area (Å²) in [5, 5.41) is 22.8. The highest BCUT2D eigenvalue weighted by molar-refractivity contribution is 8.00. The Morgan fingerprint density at radius 2 is 1.14 bits per heavy atom. The molecule has 356 valence electrons. The number of carbonyl (C=O) groups is 10. The lowest BCUT2D eigenvalue weighted by Crippen LogP contribution is -2.57. The fraction of sp³-hybridized carbons (Fsp3) is 0.537. The van der Waals surface area contributed by atoms with Gasteiger partial charge in [-0.2, -0.15) is 11.8 Å². The number of amides is 12. The molecule has 5 aliphatic rings. The average molecular weight is 954 g/mol. The Labute approximate surface area is 390 Å². The van der Waals surface area contributed by atoms with Crippen LogP contribution in [0, 0.1) is 0 Å². The Hall–Kier alpha value is -6.50. The summed E-state index contributed by atoms with van der Waals surface area (Å²) in [6.07, 6.45) is 5.08. The molecule has 5 aliphatic heterocycles. The first-order chi connectivity index (χ1) is 31.7. The molecular weight excluding hydrogens is 899 g/mol. The number of anilines is 2. The highest BCUT2D eigenvalue weighted by atomic mass is 32.2. The number of hydrogen-bond acceptors (Lipinski definition) is 12. The van der Waals surface area contributed by atoms with Crippen molar-refractivity contribution in [1.82, 2.24) is 56.4 Å². The summed E-state index contributed by atoms with van der Waals surface area (Å²) in [4.78, 5) is 130. The van der Waals surface area contributed by atoms with E-state index in [9.17, 15) is 47.9 Å². The van der Waals surface area contributed by atoms with Crippen molar-refractivity contribution >= 4 is 99.8 Å². The molecule has 3 atom stereocenters. The molecule has 0 spiro atoms. The van der Waals surface area contributed by atoms with E-state index in [0.29, 0.717) is 23.0 Å². The minimum atomic E-state index is -0.493. The molecule has 0 aliphatic carbocycles. The van der Waals surface area contributed by atoms with Crippen molar-refractivity contribution < 1.29 is 47.9 Å². The molecule has 5 heterocycles. The van der Waals surface area contributed by atoms with Crippen molar-refractivity contribution in [3.63, 3.8) is 0 Å². The maximum atomic E-state index is 12.9. The summed E-state index contributed by atoms with van der Waals surface area (Å²) in [7, 11) is 0. The number of piperazine rings is 2. The van der Waals surface area contributed by atoms with Crippen molar-refractivity contribution in [2.24, 2.45) is 0 Å². The molecule has 0 saturated carbocycles. The van der Waals surface area contributed by atoms with E-state index in [0.717, 1.165) is 42.1 Å². The van der Waals surface area contributed by atoms with Gasteiger partial charge in [0, 0.05) is 106 Å². The van der Waals surface area contributed by atoms with Gasteiger partial charge in [-0.1, -0.05) is 6.42 Å². The molecule has 12 amide bonds. The SMILES string of the molecule is O=C(CCN1C(=O)C=CC1=O)NCC(=O)N1CCN(C(=O)NCC(=O)N2CCN(C(=O)CNC(=O)CNC(=S)Nc3ccc(NC(=O)CCCC[C@@H]4SC[C@@H]5NC(=O)N[C@@H]54)cc3)CC2)CC1. The zero-order valence-corrected chi connectivity index (χ0v) is 37.9. The normalized spacial score (nSPS) is 20.0. The van der Waals surface area contributed by atoms with Gasteiger partial charge in [0.1, 0.15) is 0 Å². The number of rotatable bonds is 18. The second-order valence-electron chi connectivity index (χ2n) is 16.1. The van der Waals surface area contributed by atoms with Gasteiger partial charge in [-0.15, -0.1) is 0 Å². The molecule has 0 unspecified atom stereocenters. The van der Waals surface area contributed by atoms with Gasteiger partial charge >= 0.3 is 12.1 Å². The van der Waals surface area contributed by atoms with Crippen LogP contribution in [0.4, 0.5) is 21.0 Å². The molecule has 0 radical (unpaired) electrons. The molecule has 0 aromatic heterocycles. The first kappa shape index (κ1) is 48.9. The van der Waals surface area contributed by atoms with Crippen LogP contribution in [0.3, 0.4) is 0 Å². The zero-order valence-electron chi connectivity index (χ0n) is 36.3. The second kappa shape index (κ2) is 23.6. The maximum absolute atomic E-state index is 12.9. The van der Waals surface area contributed by atoms with E-state index in [-0.39, 0.29) is 138 Å². The molecule has 1 aromatic rings. The molecule has 4 fully saturated rings. The van der Waals surface area contributed by atoms with Crippen LogP contribution in [0.1, 0.15) is 32.1 Å².